The number of benzene rings is 1. The summed E-state index contributed by atoms with van der Waals surface area (Å²) in [6, 6.07) is 5.81. The summed E-state index contributed by atoms with van der Waals surface area (Å²) in [6.07, 6.45) is 1.37. The van der Waals surface area contributed by atoms with Crippen LogP contribution in [-0.4, -0.2) is 18.0 Å². The monoisotopic (exact) mass is 330 g/mol. The van der Waals surface area contributed by atoms with Gasteiger partial charge in [-0.2, -0.15) is 0 Å². The average Bonchev–Trinajstić information content (AvgIpc) is 2.36. The van der Waals surface area contributed by atoms with Gasteiger partial charge >= 0.3 is 0 Å². The van der Waals surface area contributed by atoms with E-state index in [9.17, 15) is 4.79 Å². The number of carbonyl (C=O) groups excluding carboxylic acids is 1. The van der Waals surface area contributed by atoms with Crippen LogP contribution in [0.15, 0.2) is 18.2 Å². The molecule has 1 amide bonds. The summed E-state index contributed by atoms with van der Waals surface area (Å²) in [6.45, 7) is 8.64. The zero-order chi connectivity index (χ0) is 16.0. The summed E-state index contributed by atoms with van der Waals surface area (Å²) < 4.78 is 0. The van der Waals surface area contributed by atoms with Crippen molar-refractivity contribution in [2.45, 2.75) is 52.1 Å². The summed E-state index contributed by atoms with van der Waals surface area (Å²) in [7, 11) is 0. The smallest absolute Gasteiger partial charge is 0.221 e. The Balaban J connectivity index is 2.51. The van der Waals surface area contributed by atoms with Crippen LogP contribution >= 0.6 is 23.2 Å². The predicted octanol–water partition coefficient (Wildman–Crippen LogP) is 4.34. The zero-order valence-electron chi connectivity index (χ0n) is 13.1. The third-order valence-corrected chi connectivity index (χ3v) is 3.75. The fourth-order valence-electron chi connectivity index (χ4n) is 2.07. The maximum absolute atomic E-state index is 11.8. The Morgan fingerprint density at radius 1 is 1.24 bits per heavy atom. The van der Waals surface area contributed by atoms with Gasteiger partial charge in [0.2, 0.25) is 5.91 Å². The molecule has 0 aliphatic rings. The Hall–Kier alpha value is -0.770. The lowest BCUT2D eigenvalue weighted by atomic mass is 10.0. The van der Waals surface area contributed by atoms with Gasteiger partial charge in [-0.1, -0.05) is 36.2 Å². The number of rotatable bonds is 6. The van der Waals surface area contributed by atoms with Gasteiger partial charge in [-0.25, -0.2) is 0 Å². The molecule has 0 aliphatic heterocycles. The lowest BCUT2D eigenvalue weighted by Crippen LogP contribution is -2.41. The Morgan fingerprint density at radius 3 is 2.43 bits per heavy atom. The first-order valence-electron chi connectivity index (χ1n) is 7.22. The SMILES string of the molecule is CCC(NCCC(=O)NC(C)(C)C)c1ccc(Cl)c(Cl)c1. The summed E-state index contributed by atoms with van der Waals surface area (Å²) >= 11 is 12.0. The maximum atomic E-state index is 11.8. The molecule has 0 heterocycles. The molecule has 5 heteroatoms. The number of halogens is 2. The van der Waals surface area contributed by atoms with Crippen LogP contribution in [0.5, 0.6) is 0 Å². The van der Waals surface area contributed by atoms with Crippen molar-refractivity contribution in [2.75, 3.05) is 6.54 Å². The van der Waals surface area contributed by atoms with Crippen LogP contribution in [0.2, 0.25) is 10.0 Å². The molecule has 0 spiro atoms. The normalized spacial score (nSPS) is 13.0. The van der Waals surface area contributed by atoms with Crippen LogP contribution in [0.4, 0.5) is 0 Å². The second-order valence-corrected chi connectivity index (χ2v) is 6.95. The molecule has 1 atom stereocenters. The van der Waals surface area contributed by atoms with E-state index in [1.807, 2.05) is 32.9 Å². The molecule has 21 heavy (non-hydrogen) atoms. The van der Waals surface area contributed by atoms with E-state index in [0.29, 0.717) is 23.0 Å². The second-order valence-electron chi connectivity index (χ2n) is 6.14. The van der Waals surface area contributed by atoms with Crippen molar-refractivity contribution in [3.63, 3.8) is 0 Å². The Labute approximate surface area is 137 Å². The lowest BCUT2D eigenvalue weighted by molar-refractivity contribution is -0.122. The van der Waals surface area contributed by atoms with Gasteiger partial charge in [-0.05, 0) is 44.9 Å². The van der Waals surface area contributed by atoms with Gasteiger partial charge in [0.1, 0.15) is 0 Å². The van der Waals surface area contributed by atoms with Gasteiger partial charge < -0.3 is 10.6 Å². The lowest BCUT2D eigenvalue weighted by Gasteiger charge is -2.22. The van der Waals surface area contributed by atoms with Gasteiger partial charge in [0.25, 0.3) is 0 Å². The minimum atomic E-state index is -0.190. The molecule has 0 saturated carbocycles. The fourth-order valence-corrected chi connectivity index (χ4v) is 2.37. The van der Waals surface area contributed by atoms with E-state index in [2.05, 4.69) is 17.6 Å². The van der Waals surface area contributed by atoms with E-state index in [0.717, 1.165) is 12.0 Å². The molecule has 0 aliphatic carbocycles. The van der Waals surface area contributed by atoms with Gasteiger partial charge in [-0.15, -0.1) is 0 Å². The number of hydrogen-bond donors (Lipinski definition) is 2. The summed E-state index contributed by atoms with van der Waals surface area (Å²) in [5.74, 6) is 0.0546. The fraction of sp³-hybridized carbons (Fsp3) is 0.562. The number of nitrogens with one attached hydrogen (secondary N) is 2. The van der Waals surface area contributed by atoms with Crippen molar-refractivity contribution in [3.8, 4) is 0 Å². The van der Waals surface area contributed by atoms with E-state index in [1.165, 1.54) is 0 Å². The van der Waals surface area contributed by atoms with Crippen LogP contribution in [0.3, 0.4) is 0 Å². The van der Waals surface area contributed by atoms with Crippen molar-refractivity contribution in [1.29, 1.82) is 0 Å². The van der Waals surface area contributed by atoms with Crippen molar-refractivity contribution >= 4 is 29.1 Å². The molecule has 1 unspecified atom stereocenters. The van der Waals surface area contributed by atoms with Crippen LogP contribution in [0, 0.1) is 0 Å². The quantitative estimate of drug-likeness (QED) is 0.814. The zero-order valence-corrected chi connectivity index (χ0v) is 14.6. The molecule has 2 N–H and O–H groups in total. The van der Waals surface area contributed by atoms with E-state index < -0.39 is 0 Å². The highest BCUT2D eigenvalue weighted by atomic mass is 35.5. The third kappa shape index (κ3) is 6.68. The molecular formula is C16H24Cl2N2O. The highest BCUT2D eigenvalue weighted by Crippen LogP contribution is 2.26. The van der Waals surface area contributed by atoms with Crippen LogP contribution in [0.1, 0.15) is 52.1 Å². The third-order valence-electron chi connectivity index (χ3n) is 3.01. The Morgan fingerprint density at radius 2 is 1.90 bits per heavy atom. The van der Waals surface area contributed by atoms with Crippen molar-refractivity contribution in [1.82, 2.24) is 10.6 Å². The number of amides is 1. The van der Waals surface area contributed by atoms with Gasteiger partial charge in [0.15, 0.2) is 0 Å². The maximum Gasteiger partial charge on any atom is 0.221 e. The molecule has 0 bridgehead atoms. The number of carbonyl (C=O) groups is 1. The summed E-state index contributed by atoms with van der Waals surface area (Å²) in [5.41, 5.74) is 0.897. The summed E-state index contributed by atoms with van der Waals surface area (Å²) in [4.78, 5) is 11.8. The average molecular weight is 331 g/mol. The molecule has 1 rings (SSSR count). The predicted molar refractivity (Wildman–Crippen MR) is 90.0 cm³/mol. The van der Waals surface area contributed by atoms with E-state index >= 15 is 0 Å². The Bertz CT molecular complexity index is 484. The highest BCUT2D eigenvalue weighted by molar-refractivity contribution is 6.42. The molecule has 118 valence electrons. The van der Waals surface area contributed by atoms with Gasteiger partial charge in [-0.3, -0.25) is 4.79 Å². The molecule has 0 radical (unpaired) electrons. The van der Waals surface area contributed by atoms with Crippen molar-refractivity contribution < 1.29 is 4.79 Å². The second kappa shape index (κ2) is 8.02. The molecule has 0 fully saturated rings. The van der Waals surface area contributed by atoms with Crippen LogP contribution in [-0.2, 0) is 4.79 Å². The molecule has 3 nitrogen and oxygen atoms in total. The first-order chi connectivity index (χ1) is 9.73. The first kappa shape index (κ1) is 18.3. The molecule has 1 aromatic rings. The molecular weight excluding hydrogens is 307 g/mol. The minimum absolute atomic E-state index is 0.0546. The van der Waals surface area contributed by atoms with Crippen molar-refractivity contribution in [2.24, 2.45) is 0 Å². The van der Waals surface area contributed by atoms with E-state index in [1.54, 1.807) is 6.07 Å². The highest BCUT2D eigenvalue weighted by Gasteiger charge is 2.14. The molecule has 0 aromatic heterocycles. The van der Waals surface area contributed by atoms with Crippen LogP contribution in [0.25, 0.3) is 0 Å². The standard InChI is InChI=1S/C16H24Cl2N2O/c1-5-14(11-6-7-12(17)13(18)10-11)19-9-8-15(21)20-16(2,3)4/h6-7,10,14,19H,5,8-9H2,1-4H3,(H,20,21). The first-order valence-corrected chi connectivity index (χ1v) is 7.98. The van der Waals surface area contributed by atoms with Gasteiger partial charge in [0, 0.05) is 24.5 Å². The number of hydrogen-bond acceptors (Lipinski definition) is 2. The molecule has 1 aromatic carbocycles. The molecule has 0 saturated heterocycles. The van der Waals surface area contributed by atoms with E-state index in [-0.39, 0.29) is 17.5 Å². The minimum Gasteiger partial charge on any atom is -0.351 e. The van der Waals surface area contributed by atoms with Crippen molar-refractivity contribution in [3.05, 3.63) is 33.8 Å². The Kier molecular flexibility index (Phi) is 6.98. The van der Waals surface area contributed by atoms with Crippen LogP contribution < -0.4 is 10.6 Å². The van der Waals surface area contributed by atoms with Gasteiger partial charge in [0.05, 0.1) is 10.0 Å². The van der Waals surface area contributed by atoms with E-state index in [4.69, 9.17) is 23.2 Å². The summed E-state index contributed by atoms with van der Waals surface area (Å²) in [5, 5.41) is 7.45. The largest absolute Gasteiger partial charge is 0.351 e. The topological polar surface area (TPSA) is 41.1 Å².